The van der Waals surface area contributed by atoms with Gasteiger partial charge >= 0.3 is 0 Å². The number of rotatable bonds is 5. The Morgan fingerprint density at radius 3 is 2.53 bits per heavy atom. The summed E-state index contributed by atoms with van der Waals surface area (Å²) in [7, 11) is 0. The van der Waals surface area contributed by atoms with Crippen molar-refractivity contribution in [1.82, 2.24) is 19.5 Å². The third-order valence-electron chi connectivity index (χ3n) is 5.10. The van der Waals surface area contributed by atoms with Gasteiger partial charge < -0.3 is 4.74 Å². The van der Waals surface area contributed by atoms with E-state index in [1.54, 1.807) is 36.9 Å². The van der Waals surface area contributed by atoms with Crippen molar-refractivity contribution in [3.63, 3.8) is 0 Å². The zero-order valence-corrected chi connectivity index (χ0v) is 16.2. The zero-order chi connectivity index (χ0) is 20.3. The highest BCUT2D eigenvalue weighted by Crippen LogP contribution is 2.39. The highest BCUT2D eigenvalue weighted by Gasteiger charge is 2.26. The molecular formula is C24H19FN4O. The molecule has 0 spiro atoms. The molecule has 0 bridgehead atoms. The minimum absolute atomic E-state index is 0.264. The van der Waals surface area contributed by atoms with Gasteiger partial charge in [0.2, 0.25) is 0 Å². The minimum atomic E-state index is -0.264. The number of hydrogen-bond donors (Lipinski definition) is 0. The first-order chi connectivity index (χ1) is 14.8. The van der Waals surface area contributed by atoms with Crippen molar-refractivity contribution in [3.05, 3.63) is 96.8 Å². The van der Waals surface area contributed by atoms with Crippen molar-refractivity contribution in [2.45, 2.75) is 19.4 Å². The average Bonchev–Trinajstić information content (AvgIpc) is 3.35. The van der Waals surface area contributed by atoms with E-state index in [-0.39, 0.29) is 5.82 Å². The maximum Gasteiger partial charge on any atom is 0.123 e. The molecule has 0 saturated carbocycles. The molecule has 1 aliphatic heterocycles. The molecule has 6 heteroatoms. The standard InChI is InChI=1S/C24H19FN4O/c25-20-5-3-18(4-6-20)23-24(19-9-12-26-13-10-19)29-21(7-8-22(29)28-23)16-30-15-17-2-1-11-27-14-17/h1-6,9-14,16H,7-8,15H2/b21-16+. The van der Waals surface area contributed by atoms with Crippen LogP contribution in [-0.2, 0) is 17.8 Å². The summed E-state index contributed by atoms with van der Waals surface area (Å²) in [4.78, 5) is 13.2. The van der Waals surface area contributed by atoms with Crippen LogP contribution in [0.1, 0.15) is 17.8 Å². The summed E-state index contributed by atoms with van der Waals surface area (Å²) in [5.41, 5.74) is 5.73. The van der Waals surface area contributed by atoms with E-state index in [1.807, 2.05) is 30.5 Å². The van der Waals surface area contributed by atoms with Crippen molar-refractivity contribution in [2.75, 3.05) is 0 Å². The predicted molar refractivity (Wildman–Crippen MR) is 112 cm³/mol. The lowest BCUT2D eigenvalue weighted by Crippen LogP contribution is -1.98. The maximum atomic E-state index is 13.5. The molecule has 0 fully saturated rings. The van der Waals surface area contributed by atoms with Gasteiger partial charge in [0.15, 0.2) is 0 Å². The summed E-state index contributed by atoms with van der Waals surface area (Å²) in [6.07, 6.45) is 10.5. The largest absolute Gasteiger partial charge is 0.495 e. The Labute approximate surface area is 173 Å². The minimum Gasteiger partial charge on any atom is -0.495 e. The first-order valence-corrected chi connectivity index (χ1v) is 9.77. The summed E-state index contributed by atoms with van der Waals surface area (Å²) >= 11 is 0. The number of hydrogen-bond acceptors (Lipinski definition) is 4. The van der Waals surface area contributed by atoms with E-state index >= 15 is 0 Å². The molecular weight excluding hydrogens is 379 g/mol. The number of aryl methyl sites for hydroxylation is 1. The fourth-order valence-electron chi connectivity index (χ4n) is 3.71. The molecule has 0 N–H and O–H groups in total. The molecule has 0 atom stereocenters. The third-order valence-corrected chi connectivity index (χ3v) is 5.10. The van der Waals surface area contributed by atoms with Crippen molar-refractivity contribution >= 4 is 5.70 Å². The van der Waals surface area contributed by atoms with Crippen LogP contribution in [-0.4, -0.2) is 19.5 Å². The average molecular weight is 398 g/mol. The lowest BCUT2D eigenvalue weighted by Gasteiger charge is -2.11. The third kappa shape index (κ3) is 3.48. The Morgan fingerprint density at radius 2 is 1.77 bits per heavy atom. The van der Waals surface area contributed by atoms with Crippen LogP contribution in [0.2, 0.25) is 0 Å². The van der Waals surface area contributed by atoms with Crippen LogP contribution in [0, 0.1) is 5.82 Å². The number of fused-ring (bicyclic) bond motifs is 1. The summed E-state index contributed by atoms with van der Waals surface area (Å²) in [6.45, 7) is 0.455. The van der Waals surface area contributed by atoms with Crippen molar-refractivity contribution in [3.8, 4) is 22.5 Å². The van der Waals surface area contributed by atoms with Gasteiger partial charge in [-0.1, -0.05) is 6.07 Å². The van der Waals surface area contributed by atoms with Crippen LogP contribution in [0.25, 0.3) is 28.2 Å². The van der Waals surface area contributed by atoms with Gasteiger partial charge in [0.1, 0.15) is 24.5 Å². The predicted octanol–water partition coefficient (Wildman–Crippen LogP) is 5.11. The van der Waals surface area contributed by atoms with Gasteiger partial charge in [-0.25, -0.2) is 9.37 Å². The van der Waals surface area contributed by atoms with Crippen LogP contribution in [0.5, 0.6) is 0 Å². The second kappa shape index (κ2) is 7.91. The fourth-order valence-corrected chi connectivity index (χ4v) is 3.71. The topological polar surface area (TPSA) is 52.8 Å². The van der Waals surface area contributed by atoms with Gasteiger partial charge in [0.25, 0.3) is 0 Å². The molecule has 0 radical (unpaired) electrons. The highest BCUT2D eigenvalue weighted by molar-refractivity contribution is 5.82. The quantitative estimate of drug-likeness (QED) is 0.439. The van der Waals surface area contributed by atoms with Gasteiger partial charge in [0, 0.05) is 47.9 Å². The second-order valence-corrected chi connectivity index (χ2v) is 7.08. The van der Waals surface area contributed by atoms with Crippen molar-refractivity contribution in [1.29, 1.82) is 0 Å². The molecule has 4 aromatic rings. The van der Waals surface area contributed by atoms with E-state index in [1.165, 1.54) is 12.1 Å². The number of pyridine rings is 2. The smallest absolute Gasteiger partial charge is 0.123 e. The Hall–Kier alpha value is -3.80. The van der Waals surface area contributed by atoms with E-state index in [0.29, 0.717) is 6.61 Å². The van der Waals surface area contributed by atoms with E-state index in [0.717, 1.165) is 52.4 Å². The molecule has 0 amide bonds. The van der Waals surface area contributed by atoms with Gasteiger partial charge in [-0.15, -0.1) is 0 Å². The Bertz CT molecular complexity index is 1190. The monoisotopic (exact) mass is 398 g/mol. The van der Waals surface area contributed by atoms with E-state index in [2.05, 4.69) is 14.5 Å². The molecule has 5 rings (SSSR count). The summed E-state index contributed by atoms with van der Waals surface area (Å²) in [6, 6.07) is 14.3. The van der Waals surface area contributed by atoms with Gasteiger partial charge in [0.05, 0.1) is 17.1 Å². The maximum absolute atomic E-state index is 13.5. The number of nitrogens with zero attached hydrogens (tertiary/aromatic N) is 4. The number of imidazole rings is 1. The number of ether oxygens (including phenoxy) is 1. The summed E-state index contributed by atoms with van der Waals surface area (Å²) in [5.74, 6) is 0.706. The van der Waals surface area contributed by atoms with E-state index in [4.69, 9.17) is 9.72 Å². The first-order valence-electron chi connectivity index (χ1n) is 9.77. The van der Waals surface area contributed by atoms with Gasteiger partial charge in [-0.05, 0) is 48.9 Å². The molecule has 148 valence electrons. The molecule has 3 aromatic heterocycles. The second-order valence-electron chi connectivity index (χ2n) is 7.08. The Balaban J connectivity index is 1.55. The molecule has 0 aliphatic carbocycles. The SMILES string of the molecule is Fc1ccc(-c2nc3n(c2-c2ccncc2)/C(=C/OCc2cccnc2)CC3)cc1. The van der Waals surface area contributed by atoms with Gasteiger partial charge in [-0.2, -0.15) is 0 Å². The molecule has 4 heterocycles. The van der Waals surface area contributed by atoms with Crippen LogP contribution in [0.15, 0.2) is 79.6 Å². The van der Waals surface area contributed by atoms with Crippen LogP contribution >= 0.6 is 0 Å². The summed E-state index contributed by atoms with van der Waals surface area (Å²) < 4.78 is 21.5. The van der Waals surface area contributed by atoms with E-state index in [9.17, 15) is 4.39 Å². The number of allylic oxidation sites excluding steroid dienone is 1. The molecule has 1 aromatic carbocycles. The fraction of sp³-hybridized carbons (Fsp3) is 0.125. The molecule has 1 aliphatic rings. The lowest BCUT2D eigenvalue weighted by molar-refractivity contribution is 0.236. The molecule has 30 heavy (non-hydrogen) atoms. The zero-order valence-electron chi connectivity index (χ0n) is 16.2. The first kappa shape index (κ1) is 18.2. The summed E-state index contributed by atoms with van der Waals surface area (Å²) in [5, 5.41) is 0. The number of benzene rings is 1. The van der Waals surface area contributed by atoms with E-state index < -0.39 is 0 Å². The van der Waals surface area contributed by atoms with Crippen LogP contribution in [0.3, 0.4) is 0 Å². The van der Waals surface area contributed by atoms with Crippen LogP contribution in [0.4, 0.5) is 4.39 Å². The molecule has 0 saturated heterocycles. The van der Waals surface area contributed by atoms with Gasteiger partial charge in [-0.3, -0.25) is 14.5 Å². The molecule has 0 unspecified atom stereocenters. The number of halogens is 1. The normalized spacial score (nSPS) is 14.1. The molecule has 5 nitrogen and oxygen atoms in total. The van der Waals surface area contributed by atoms with Crippen molar-refractivity contribution < 1.29 is 9.13 Å². The number of aromatic nitrogens is 4. The van der Waals surface area contributed by atoms with Crippen molar-refractivity contribution in [2.24, 2.45) is 0 Å². The Kier molecular flexibility index (Phi) is 4.81. The Morgan fingerprint density at radius 1 is 0.933 bits per heavy atom. The lowest BCUT2D eigenvalue weighted by atomic mass is 10.1. The van der Waals surface area contributed by atoms with Crippen LogP contribution < -0.4 is 0 Å². The highest BCUT2D eigenvalue weighted by atomic mass is 19.1.